The van der Waals surface area contributed by atoms with Crippen LogP contribution in [0.3, 0.4) is 0 Å². The highest BCUT2D eigenvalue weighted by Crippen LogP contribution is 2.26. The van der Waals surface area contributed by atoms with E-state index in [2.05, 4.69) is 25.3 Å². The molecule has 0 amide bonds. The van der Waals surface area contributed by atoms with Gasteiger partial charge in [-0.25, -0.2) is 24.3 Å². The van der Waals surface area contributed by atoms with Gasteiger partial charge in [-0.15, -0.1) is 0 Å². The predicted octanol–water partition coefficient (Wildman–Crippen LogP) is 3.38. The molecular weight excluding hydrogens is 395 g/mol. The van der Waals surface area contributed by atoms with Crippen LogP contribution in [-0.2, 0) is 6.54 Å². The molecule has 4 rings (SSSR count). The summed E-state index contributed by atoms with van der Waals surface area (Å²) in [5.41, 5.74) is 12.3. The average molecular weight is 415 g/mol. The standard InChI is InChI=1S/C13H9ClFN5.C6H11N3/c14-9-3-7(1-2-10(9)15)20-13-8-4-12(16)17-5-11(8)18-6-19-13;7-2-1-4-9-5-3-8-6-9/h1-6H,(H2,16,17)(H,18,19,20);3,5-6H,1-2,4,7H2. The van der Waals surface area contributed by atoms with Crippen molar-refractivity contribution in [2.24, 2.45) is 5.73 Å². The molecule has 0 saturated carbocycles. The number of rotatable bonds is 5. The number of anilines is 3. The maximum atomic E-state index is 13.1. The number of aryl methyl sites for hydroxylation is 1. The molecular formula is C19H20ClFN8. The van der Waals surface area contributed by atoms with Crippen molar-refractivity contribution in [3.63, 3.8) is 0 Å². The van der Waals surface area contributed by atoms with Gasteiger partial charge in [0.15, 0.2) is 0 Å². The highest BCUT2D eigenvalue weighted by atomic mass is 35.5. The number of nitrogens with two attached hydrogens (primary N) is 2. The Morgan fingerprint density at radius 3 is 2.76 bits per heavy atom. The van der Waals surface area contributed by atoms with Gasteiger partial charge < -0.3 is 21.4 Å². The summed E-state index contributed by atoms with van der Waals surface area (Å²) < 4.78 is 15.2. The molecule has 0 atom stereocenters. The average Bonchev–Trinajstić information content (AvgIpc) is 3.24. The van der Waals surface area contributed by atoms with Gasteiger partial charge in [0, 0.05) is 30.0 Å². The van der Waals surface area contributed by atoms with Gasteiger partial charge in [0.25, 0.3) is 0 Å². The molecule has 0 aliphatic rings. The third kappa shape index (κ3) is 5.59. The van der Waals surface area contributed by atoms with Crippen LogP contribution >= 0.6 is 11.6 Å². The van der Waals surface area contributed by atoms with Gasteiger partial charge in [0.05, 0.1) is 23.1 Å². The van der Waals surface area contributed by atoms with Gasteiger partial charge in [-0.3, -0.25) is 0 Å². The second kappa shape index (κ2) is 9.76. The molecule has 0 aliphatic carbocycles. The molecule has 3 heterocycles. The highest BCUT2D eigenvalue weighted by molar-refractivity contribution is 6.31. The van der Waals surface area contributed by atoms with Crippen LogP contribution in [0.4, 0.5) is 21.7 Å². The molecule has 0 radical (unpaired) electrons. The highest BCUT2D eigenvalue weighted by Gasteiger charge is 2.07. The van der Waals surface area contributed by atoms with Crippen LogP contribution in [0.5, 0.6) is 0 Å². The maximum Gasteiger partial charge on any atom is 0.141 e. The van der Waals surface area contributed by atoms with E-state index in [9.17, 15) is 4.39 Å². The predicted molar refractivity (Wildman–Crippen MR) is 112 cm³/mol. The number of hydrogen-bond acceptors (Lipinski definition) is 7. The van der Waals surface area contributed by atoms with Gasteiger partial charge in [0.1, 0.15) is 23.8 Å². The smallest absolute Gasteiger partial charge is 0.141 e. The summed E-state index contributed by atoms with van der Waals surface area (Å²) in [6.45, 7) is 1.73. The summed E-state index contributed by atoms with van der Waals surface area (Å²) in [5.74, 6) is 0.442. The third-order valence-electron chi connectivity index (χ3n) is 3.90. The SMILES string of the molecule is NCCCn1ccnc1.Nc1cc2c(Nc3ccc(F)c(Cl)c3)ncnc2cn1. The molecule has 0 spiro atoms. The van der Waals surface area contributed by atoms with E-state index in [4.69, 9.17) is 23.1 Å². The number of nitrogens with one attached hydrogen (secondary N) is 1. The van der Waals surface area contributed by atoms with E-state index in [-0.39, 0.29) is 5.02 Å². The van der Waals surface area contributed by atoms with Crippen LogP contribution < -0.4 is 16.8 Å². The number of aromatic nitrogens is 5. The van der Waals surface area contributed by atoms with Crippen molar-refractivity contribution in [1.29, 1.82) is 0 Å². The van der Waals surface area contributed by atoms with Crippen LogP contribution in [-0.4, -0.2) is 31.0 Å². The second-order valence-electron chi connectivity index (χ2n) is 6.05. The zero-order valence-corrected chi connectivity index (χ0v) is 16.2. The Balaban J connectivity index is 0.000000224. The van der Waals surface area contributed by atoms with Crippen molar-refractivity contribution in [3.8, 4) is 0 Å². The molecule has 0 saturated heterocycles. The quantitative estimate of drug-likeness (QED) is 0.457. The minimum absolute atomic E-state index is 0.0366. The topological polar surface area (TPSA) is 121 Å². The van der Waals surface area contributed by atoms with E-state index in [1.54, 1.807) is 30.9 Å². The Morgan fingerprint density at radius 2 is 2.03 bits per heavy atom. The number of benzene rings is 1. The molecule has 29 heavy (non-hydrogen) atoms. The van der Waals surface area contributed by atoms with Crippen molar-refractivity contribution in [3.05, 3.63) is 66.4 Å². The summed E-state index contributed by atoms with van der Waals surface area (Å²) in [6, 6.07) is 6.00. The Hall–Kier alpha value is -3.30. The molecule has 10 heteroatoms. The summed E-state index contributed by atoms with van der Waals surface area (Å²) in [4.78, 5) is 16.1. The lowest BCUT2D eigenvalue weighted by Gasteiger charge is -2.09. The van der Waals surface area contributed by atoms with E-state index >= 15 is 0 Å². The molecule has 0 bridgehead atoms. The fourth-order valence-corrected chi connectivity index (χ4v) is 2.66. The number of hydrogen-bond donors (Lipinski definition) is 3. The molecule has 0 fully saturated rings. The van der Waals surface area contributed by atoms with Crippen molar-refractivity contribution in [1.82, 2.24) is 24.5 Å². The van der Waals surface area contributed by atoms with E-state index in [0.717, 1.165) is 24.9 Å². The van der Waals surface area contributed by atoms with Gasteiger partial charge in [-0.2, -0.15) is 0 Å². The first-order chi connectivity index (χ1) is 14.1. The molecule has 150 valence electrons. The molecule has 1 aromatic carbocycles. The monoisotopic (exact) mass is 414 g/mol. The van der Waals surface area contributed by atoms with Crippen molar-refractivity contribution >= 4 is 39.8 Å². The molecule has 3 aromatic heterocycles. The number of imidazole rings is 1. The Labute approximate surface area is 171 Å². The first kappa shape index (κ1) is 20.4. The van der Waals surface area contributed by atoms with Crippen molar-refractivity contribution in [2.75, 3.05) is 17.6 Å². The van der Waals surface area contributed by atoms with Gasteiger partial charge in [-0.1, -0.05) is 11.6 Å². The zero-order chi connectivity index (χ0) is 20.6. The molecule has 0 unspecified atom stereocenters. The number of halogens is 2. The molecule has 4 aromatic rings. The molecule has 0 aliphatic heterocycles. The zero-order valence-electron chi connectivity index (χ0n) is 15.5. The lowest BCUT2D eigenvalue weighted by atomic mass is 10.2. The summed E-state index contributed by atoms with van der Waals surface area (Å²) in [7, 11) is 0. The number of nitrogen functional groups attached to an aromatic ring is 1. The maximum absolute atomic E-state index is 13.1. The Bertz CT molecular complexity index is 1070. The van der Waals surface area contributed by atoms with Crippen LogP contribution in [0.15, 0.2) is 55.5 Å². The minimum atomic E-state index is -0.474. The van der Waals surface area contributed by atoms with Crippen LogP contribution in [0.1, 0.15) is 6.42 Å². The van der Waals surface area contributed by atoms with Crippen LogP contribution in [0.2, 0.25) is 5.02 Å². The number of pyridine rings is 1. The van der Waals surface area contributed by atoms with Gasteiger partial charge in [-0.05, 0) is 37.2 Å². The normalized spacial score (nSPS) is 10.4. The number of nitrogens with zero attached hydrogens (tertiary/aromatic N) is 5. The van der Waals surface area contributed by atoms with E-state index in [0.29, 0.717) is 22.8 Å². The molecule has 8 nitrogen and oxygen atoms in total. The minimum Gasteiger partial charge on any atom is -0.384 e. The first-order valence-corrected chi connectivity index (χ1v) is 9.18. The van der Waals surface area contributed by atoms with Crippen molar-refractivity contribution in [2.45, 2.75) is 13.0 Å². The summed E-state index contributed by atoms with van der Waals surface area (Å²) in [5, 5.41) is 3.82. The van der Waals surface area contributed by atoms with E-state index in [1.165, 1.54) is 18.5 Å². The summed E-state index contributed by atoms with van der Waals surface area (Å²) in [6.07, 6.45) is 9.51. The largest absolute Gasteiger partial charge is 0.384 e. The lowest BCUT2D eigenvalue weighted by molar-refractivity contribution is 0.628. The van der Waals surface area contributed by atoms with E-state index < -0.39 is 5.82 Å². The van der Waals surface area contributed by atoms with Gasteiger partial charge >= 0.3 is 0 Å². The van der Waals surface area contributed by atoms with E-state index in [1.807, 2.05) is 10.8 Å². The summed E-state index contributed by atoms with van der Waals surface area (Å²) >= 11 is 5.75. The third-order valence-corrected chi connectivity index (χ3v) is 4.19. The number of fused-ring (bicyclic) bond motifs is 1. The van der Waals surface area contributed by atoms with Crippen molar-refractivity contribution < 1.29 is 4.39 Å². The fourth-order valence-electron chi connectivity index (χ4n) is 2.48. The van der Waals surface area contributed by atoms with Crippen LogP contribution in [0.25, 0.3) is 10.9 Å². The molecule has 5 N–H and O–H groups in total. The fraction of sp³-hybridized carbons (Fsp3) is 0.158. The van der Waals surface area contributed by atoms with Gasteiger partial charge in [0.2, 0.25) is 0 Å². The Morgan fingerprint density at radius 1 is 1.17 bits per heavy atom. The Kier molecular flexibility index (Phi) is 6.88. The lowest BCUT2D eigenvalue weighted by Crippen LogP contribution is -2.03. The van der Waals surface area contributed by atoms with Crippen LogP contribution in [0, 0.1) is 5.82 Å². The first-order valence-electron chi connectivity index (χ1n) is 8.81. The second-order valence-corrected chi connectivity index (χ2v) is 6.45.